The van der Waals surface area contributed by atoms with Gasteiger partial charge in [0.2, 0.25) is 11.8 Å². The van der Waals surface area contributed by atoms with E-state index >= 15 is 0 Å². The zero-order chi connectivity index (χ0) is 14.5. The number of nitrogens with one attached hydrogen (secondary N) is 1. The molecule has 108 valence electrons. The zero-order valence-corrected chi connectivity index (χ0v) is 12.9. The maximum absolute atomic E-state index is 12.1. The van der Waals surface area contributed by atoms with E-state index in [-0.39, 0.29) is 24.2 Å². The van der Waals surface area contributed by atoms with Crippen molar-refractivity contribution in [3.8, 4) is 0 Å². The summed E-state index contributed by atoms with van der Waals surface area (Å²) in [7, 11) is 1.58. The summed E-state index contributed by atoms with van der Waals surface area (Å²) in [6.45, 7) is 1.36. The van der Waals surface area contributed by atoms with Crippen molar-refractivity contribution in [3.63, 3.8) is 0 Å². The van der Waals surface area contributed by atoms with Crippen LogP contribution in [-0.2, 0) is 14.3 Å². The average Bonchev–Trinajstić information content (AvgIpc) is 2.81. The van der Waals surface area contributed by atoms with Crippen molar-refractivity contribution >= 4 is 33.4 Å². The second-order valence-corrected chi connectivity index (χ2v) is 5.49. The number of methoxy groups -OCH3 is 1. The van der Waals surface area contributed by atoms with E-state index in [0.29, 0.717) is 19.7 Å². The molecule has 1 heterocycles. The quantitative estimate of drug-likeness (QED) is 0.827. The summed E-state index contributed by atoms with van der Waals surface area (Å²) in [5.74, 6) is -0.416. The van der Waals surface area contributed by atoms with Gasteiger partial charge in [-0.1, -0.05) is 12.1 Å². The molecule has 1 N–H and O–H groups in total. The van der Waals surface area contributed by atoms with Crippen LogP contribution in [-0.4, -0.2) is 38.6 Å². The second-order valence-electron chi connectivity index (χ2n) is 4.64. The van der Waals surface area contributed by atoms with Crippen LogP contribution >= 0.6 is 15.9 Å². The van der Waals surface area contributed by atoms with Crippen LogP contribution in [0.3, 0.4) is 0 Å². The summed E-state index contributed by atoms with van der Waals surface area (Å²) in [6.07, 6.45) is 0.250. The lowest BCUT2D eigenvalue weighted by atomic mass is 10.1. The standard InChI is InChI=1S/C14H17BrN2O3/c1-20-7-6-16-14(19)10-8-13(18)17(9-10)12-5-3-2-4-11(12)15/h2-5,10H,6-9H2,1H3,(H,16,19). The number of hydrogen-bond donors (Lipinski definition) is 1. The molecule has 0 bridgehead atoms. The molecule has 5 nitrogen and oxygen atoms in total. The van der Waals surface area contributed by atoms with Crippen LogP contribution in [0.2, 0.25) is 0 Å². The lowest BCUT2D eigenvalue weighted by Gasteiger charge is -2.18. The van der Waals surface area contributed by atoms with Crippen LogP contribution in [0, 0.1) is 5.92 Å². The van der Waals surface area contributed by atoms with Crippen LogP contribution in [0.1, 0.15) is 6.42 Å². The second kappa shape index (κ2) is 6.85. The number of hydrogen-bond acceptors (Lipinski definition) is 3. The summed E-state index contributed by atoms with van der Waals surface area (Å²) >= 11 is 3.43. The lowest BCUT2D eigenvalue weighted by Crippen LogP contribution is -2.34. The molecule has 1 atom stereocenters. The fourth-order valence-electron chi connectivity index (χ4n) is 2.21. The van der Waals surface area contributed by atoms with Gasteiger partial charge in [0, 0.05) is 31.1 Å². The van der Waals surface area contributed by atoms with Crippen molar-refractivity contribution in [3.05, 3.63) is 28.7 Å². The third-order valence-corrected chi connectivity index (χ3v) is 3.92. The zero-order valence-electron chi connectivity index (χ0n) is 11.3. The minimum atomic E-state index is -0.300. The first kappa shape index (κ1) is 15.0. The minimum absolute atomic E-state index is 0.0243. The predicted octanol–water partition coefficient (Wildman–Crippen LogP) is 1.56. The fraction of sp³-hybridized carbons (Fsp3) is 0.429. The number of rotatable bonds is 5. The third kappa shape index (κ3) is 3.37. The molecule has 0 aliphatic carbocycles. The number of carbonyl (C=O) groups excluding carboxylic acids is 2. The molecule has 1 saturated heterocycles. The number of anilines is 1. The van der Waals surface area contributed by atoms with Gasteiger partial charge in [-0.05, 0) is 28.1 Å². The molecule has 1 aromatic carbocycles. The van der Waals surface area contributed by atoms with Gasteiger partial charge in [0.15, 0.2) is 0 Å². The molecule has 0 aromatic heterocycles. The van der Waals surface area contributed by atoms with Gasteiger partial charge >= 0.3 is 0 Å². The molecule has 1 fully saturated rings. The van der Waals surface area contributed by atoms with Gasteiger partial charge in [-0.15, -0.1) is 0 Å². The van der Waals surface area contributed by atoms with Crippen LogP contribution < -0.4 is 10.2 Å². The largest absolute Gasteiger partial charge is 0.383 e. The van der Waals surface area contributed by atoms with Crippen molar-refractivity contribution in [2.75, 3.05) is 31.7 Å². The Labute approximate surface area is 126 Å². The Kier molecular flexibility index (Phi) is 5.14. The molecular formula is C14H17BrN2O3. The van der Waals surface area contributed by atoms with Crippen LogP contribution in [0.4, 0.5) is 5.69 Å². The highest BCUT2D eigenvalue weighted by atomic mass is 79.9. The first-order valence-corrected chi connectivity index (χ1v) is 7.24. The van der Waals surface area contributed by atoms with Crippen molar-refractivity contribution in [2.24, 2.45) is 5.92 Å². The third-order valence-electron chi connectivity index (χ3n) is 3.24. The Morgan fingerprint density at radius 1 is 1.50 bits per heavy atom. The molecule has 1 aliphatic rings. The maximum Gasteiger partial charge on any atom is 0.227 e. The van der Waals surface area contributed by atoms with Crippen LogP contribution in [0.25, 0.3) is 0 Å². The highest BCUT2D eigenvalue weighted by Gasteiger charge is 2.35. The number of para-hydroxylation sites is 1. The summed E-state index contributed by atoms with van der Waals surface area (Å²) in [6, 6.07) is 7.52. The summed E-state index contributed by atoms with van der Waals surface area (Å²) in [5.41, 5.74) is 0.810. The fourth-order valence-corrected chi connectivity index (χ4v) is 2.71. The molecule has 20 heavy (non-hydrogen) atoms. The molecule has 1 aliphatic heterocycles. The number of halogens is 1. The van der Waals surface area contributed by atoms with Gasteiger partial charge in [0.25, 0.3) is 0 Å². The topological polar surface area (TPSA) is 58.6 Å². The molecule has 0 radical (unpaired) electrons. The van der Waals surface area contributed by atoms with Crippen molar-refractivity contribution in [2.45, 2.75) is 6.42 Å². The number of benzene rings is 1. The number of nitrogens with zero attached hydrogens (tertiary/aromatic N) is 1. The number of ether oxygens (including phenoxy) is 1. The van der Waals surface area contributed by atoms with Gasteiger partial charge in [-0.3, -0.25) is 9.59 Å². The SMILES string of the molecule is COCCNC(=O)C1CC(=O)N(c2ccccc2Br)C1. The van der Waals surface area contributed by atoms with E-state index in [0.717, 1.165) is 10.2 Å². The van der Waals surface area contributed by atoms with E-state index in [1.165, 1.54) is 0 Å². The Morgan fingerprint density at radius 3 is 2.95 bits per heavy atom. The van der Waals surface area contributed by atoms with Gasteiger partial charge in [0.05, 0.1) is 18.2 Å². The lowest BCUT2D eigenvalue weighted by molar-refractivity contribution is -0.126. The maximum atomic E-state index is 12.1. The van der Waals surface area contributed by atoms with Crippen molar-refractivity contribution < 1.29 is 14.3 Å². The van der Waals surface area contributed by atoms with Crippen LogP contribution in [0.15, 0.2) is 28.7 Å². The molecular weight excluding hydrogens is 324 g/mol. The Hall–Kier alpha value is -1.40. The molecule has 0 spiro atoms. The normalized spacial score (nSPS) is 18.4. The number of amides is 2. The molecule has 1 unspecified atom stereocenters. The summed E-state index contributed by atoms with van der Waals surface area (Å²) < 4.78 is 5.74. The Morgan fingerprint density at radius 2 is 2.25 bits per heavy atom. The molecule has 2 amide bonds. The highest BCUT2D eigenvalue weighted by molar-refractivity contribution is 9.10. The van der Waals surface area contributed by atoms with E-state index in [4.69, 9.17) is 4.74 Å². The highest BCUT2D eigenvalue weighted by Crippen LogP contribution is 2.31. The predicted molar refractivity (Wildman–Crippen MR) is 79.5 cm³/mol. The average molecular weight is 341 g/mol. The van der Waals surface area contributed by atoms with Gasteiger partial charge < -0.3 is 15.0 Å². The first-order chi connectivity index (χ1) is 9.63. The summed E-state index contributed by atoms with van der Waals surface area (Å²) in [4.78, 5) is 25.7. The first-order valence-electron chi connectivity index (χ1n) is 6.45. The van der Waals surface area contributed by atoms with Crippen molar-refractivity contribution in [1.29, 1.82) is 0 Å². The van der Waals surface area contributed by atoms with Gasteiger partial charge in [-0.2, -0.15) is 0 Å². The van der Waals surface area contributed by atoms with Gasteiger partial charge in [-0.25, -0.2) is 0 Å². The Bertz CT molecular complexity index is 507. The smallest absolute Gasteiger partial charge is 0.227 e. The Balaban J connectivity index is 2.00. The molecule has 0 saturated carbocycles. The van der Waals surface area contributed by atoms with Gasteiger partial charge in [0.1, 0.15) is 0 Å². The molecule has 1 aromatic rings. The van der Waals surface area contributed by atoms with Crippen LogP contribution in [0.5, 0.6) is 0 Å². The molecule has 2 rings (SSSR count). The van der Waals surface area contributed by atoms with Crippen molar-refractivity contribution in [1.82, 2.24) is 5.32 Å². The van der Waals surface area contributed by atoms with E-state index in [2.05, 4.69) is 21.2 Å². The van der Waals surface area contributed by atoms with E-state index in [1.807, 2.05) is 24.3 Å². The van der Waals surface area contributed by atoms with E-state index in [1.54, 1.807) is 12.0 Å². The van der Waals surface area contributed by atoms with E-state index in [9.17, 15) is 9.59 Å². The number of carbonyl (C=O) groups is 2. The monoisotopic (exact) mass is 340 g/mol. The van der Waals surface area contributed by atoms with E-state index < -0.39 is 0 Å². The molecule has 6 heteroatoms. The minimum Gasteiger partial charge on any atom is -0.383 e. The summed E-state index contributed by atoms with van der Waals surface area (Å²) in [5, 5.41) is 2.78.